The van der Waals surface area contributed by atoms with Crippen molar-refractivity contribution in [2.24, 2.45) is 0 Å². The molecule has 0 aromatic carbocycles. The number of hydrogen-bond acceptors (Lipinski definition) is 6. The van der Waals surface area contributed by atoms with Gasteiger partial charge < -0.3 is 14.2 Å². The summed E-state index contributed by atoms with van der Waals surface area (Å²) in [6.07, 6.45) is 68.5. The van der Waals surface area contributed by atoms with Crippen LogP contribution in [-0.4, -0.2) is 37.2 Å². The summed E-state index contributed by atoms with van der Waals surface area (Å²) in [6, 6.07) is 0. The third-order valence-corrected chi connectivity index (χ3v) is 12.8. The molecule has 0 rings (SSSR count). The van der Waals surface area contributed by atoms with Gasteiger partial charge in [0.25, 0.3) is 0 Å². The number of rotatable bonds is 53. The molecule has 0 amide bonds. The smallest absolute Gasteiger partial charge is 0.306 e. The summed E-state index contributed by atoms with van der Waals surface area (Å²) in [7, 11) is 0. The molecule has 0 saturated carbocycles. The van der Waals surface area contributed by atoms with Crippen molar-refractivity contribution in [3.8, 4) is 0 Å². The van der Waals surface area contributed by atoms with E-state index in [9.17, 15) is 14.4 Å². The second-order valence-corrected chi connectivity index (χ2v) is 19.5. The Balaban J connectivity index is 4.08. The quantitative estimate of drug-likeness (QED) is 0.0262. The molecule has 0 N–H and O–H groups in total. The van der Waals surface area contributed by atoms with Crippen molar-refractivity contribution in [3.63, 3.8) is 0 Å². The topological polar surface area (TPSA) is 78.9 Å². The number of esters is 3. The molecule has 0 saturated heterocycles. The molecule has 0 spiro atoms. The molecule has 6 heteroatoms. The Labute approximate surface area is 416 Å². The lowest BCUT2D eigenvalue weighted by Crippen LogP contribution is -2.30. The van der Waals surface area contributed by atoms with Gasteiger partial charge in [0.15, 0.2) is 6.10 Å². The number of allylic oxidation sites excluding steroid dienone is 8. The molecule has 67 heavy (non-hydrogen) atoms. The van der Waals surface area contributed by atoms with Crippen LogP contribution in [0.25, 0.3) is 0 Å². The zero-order chi connectivity index (χ0) is 48.6. The fourth-order valence-electron chi connectivity index (χ4n) is 8.49. The first kappa shape index (κ1) is 64.4. The maximum Gasteiger partial charge on any atom is 0.306 e. The van der Waals surface area contributed by atoms with E-state index >= 15 is 0 Å². The van der Waals surface area contributed by atoms with Crippen LogP contribution in [0.5, 0.6) is 0 Å². The Bertz CT molecular complexity index is 1170. The average Bonchev–Trinajstić information content (AvgIpc) is 3.33. The first-order valence-corrected chi connectivity index (χ1v) is 29.1. The fourth-order valence-corrected chi connectivity index (χ4v) is 8.49. The first-order valence-electron chi connectivity index (χ1n) is 29.1. The zero-order valence-electron chi connectivity index (χ0n) is 44.7. The summed E-state index contributed by atoms with van der Waals surface area (Å²) in [5.41, 5.74) is 0. The van der Waals surface area contributed by atoms with Crippen molar-refractivity contribution >= 4 is 17.9 Å². The Morgan fingerprint density at radius 3 is 0.910 bits per heavy atom. The highest BCUT2D eigenvalue weighted by Crippen LogP contribution is 2.17. The van der Waals surface area contributed by atoms with Crippen molar-refractivity contribution in [1.29, 1.82) is 0 Å². The summed E-state index contributed by atoms with van der Waals surface area (Å²) in [4.78, 5) is 37.9. The molecular formula is C61H110O6. The third kappa shape index (κ3) is 54.2. The molecule has 0 fully saturated rings. The van der Waals surface area contributed by atoms with E-state index in [1.807, 2.05) is 0 Å². The predicted octanol–water partition coefficient (Wildman–Crippen LogP) is 19.4. The molecule has 0 bridgehead atoms. The van der Waals surface area contributed by atoms with Crippen LogP contribution in [0, 0.1) is 0 Å². The molecule has 6 nitrogen and oxygen atoms in total. The lowest BCUT2D eigenvalue weighted by molar-refractivity contribution is -0.167. The van der Waals surface area contributed by atoms with E-state index < -0.39 is 6.10 Å². The molecule has 0 aliphatic carbocycles. The fraction of sp³-hybridized carbons (Fsp3) is 0.820. The van der Waals surface area contributed by atoms with Gasteiger partial charge in [0.05, 0.1) is 0 Å². The van der Waals surface area contributed by atoms with Crippen LogP contribution in [0.3, 0.4) is 0 Å². The van der Waals surface area contributed by atoms with Crippen LogP contribution in [0.2, 0.25) is 0 Å². The molecule has 0 heterocycles. The number of carbonyl (C=O) groups excluding carboxylic acids is 3. The van der Waals surface area contributed by atoms with Gasteiger partial charge in [-0.3, -0.25) is 14.4 Å². The van der Waals surface area contributed by atoms with Gasteiger partial charge >= 0.3 is 17.9 Å². The lowest BCUT2D eigenvalue weighted by Gasteiger charge is -2.18. The predicted molar refractivity (Wildman–Crippen MR) is 289 cm³/mol. The second-order valence-electron chi connectivity index (χ2n) is 19.5. The highest BCUT2D eigenvalue weighted by atomic mass is 16.6. The van der Waals surface area contributed by atoms with E-state index in [-0.39, 0.29) is 31.1 Å². The minimum absolute atomic E-state index is 0.0685. The summed E-state index contributed by atoms with van der Waals surface area (Å²) in [6.45, 7) is 6.52. The monoisotopic (exact) mass is 939 g/mol. The van der Waals surface area contributed by atoms with Gasteiger partial charge in [-0.15, -0.1) is 0 Å². The maximum absolute atomic E-state index is 12.8. The van der Waals surface area contributed by atoms with Crippen molar-refractivity contribution in [1.82, 2.24) is 0 Å². The Morgan fingerprint density at radius 1 is 0.313 bits per heavy atom. The minimum atomic E-state index is -0.766. The van der Waals surface area contributed by atoms with E-state index in [2.05, 4.69) is 69.4 Å². The molecule has 0 aliphatic rings. The van der Waals surface area contributed by atoms with Gasteiger partial charge in [0.1, 0.15) is 13.2 Å². The third-order valence-electron chi connectivity index (χ3n) is 12.8. The lowest BCUT2D eigenvalue weighted by atomic mass is 10.0. The Kier molecular flexibility index (Phi) is 53.8. The molecule has 1 unspecified atom stereocenters. The molecule has 0 radical (unpaired) electrons. The summed E-state index contributed by atoms with van der Waals surface area (Å²) < 4.78 is 16.8. The SMILES string of the molecule is CC/C=C\C/C=C\C/C=C\C/C=C\CCCCCCCCCCCCCCCCC(=O)OCC(COC(=O)CCCCCCCCC)OC(=O)CCCCCCCCCCCCCCCCC. The Hall–Kier alpha value is -2.63. The van der Waals surface area contributed by atoms with Gasteiger partial charge in [-0.2, -0.15) is 0 Å². The average molecular weight is 940 g/mol. The summed E-state index contributed by atoms with van der Waals surface area (Å²) in [5.74, 6) is -0.860. The highest BCUT2D eigenvalue weighted by Gasteiger charge is 2.19. The maximum atomic E-state index is 12.8. The standard InChI is InChI=1S/C61H110O6/c1-4-7-10-13-16-18-20-22-24-25-26-27-28-29-30-31-32-33-34-35-37-38-40-42-45-48-51-54-60(63)66-57-58(56-65-59(62)53-50-47-44-15-12-9-6-3)67-61(64)55-52-49-46-43-41-39-36-23-21-19-17-14-11-8-5-2/h7,10,16,18,22,24,26-27,58H,4-6,8-9,11-15,17,19-21,23,25,28-57H2,1-3H3/b10-7-,18-16-,24-22-,27-26-. The molecule has 0 aliphatic heterocycles. The second kappa shape index (κ2) is 56.0. The molecule has 390 valence electrons. The van der Waals surface area contributed by atoms with Gasteiger partial charge in [-0.1, -0.05) is 275 Å². The number of unbranched alkanes of at least 4 members (excludes halogenated alkanes) is 34. The van der Waals surface area contributed by atoms with Crippen LogP contribution >= 0.6 is 0 Å². The number of carbonyl (C=O) groups is 3. The largest absolute Gasteiger partial charge is 0.462 e. The van der Waals surface area contributed by atoms with Crippen molar-refractivity contribution in [2.75, 3.05) is 13.2 Å². The van der Waals surface area contributed by atoms with E-state index in [1.54, 1.807) is 0 Å². The Morgan fingerprint density at radius 2 is 0.582 bits per heavy atom. The number of ether oxygens (including phenoxy) is 3. The molecule has 1 atom stereocenters. The van der Waals surface area contributed by atoms with Gasteiger partial charge in [0.2, 0.25) is 0 Å². The van der Waals surface area contributed by atoms with Crippen LogP contribution in [-0.2, 0) is 28.6 Å². The summed E-state index contributed by atoms with van der Waals surface area (Å²) >= 11 is 0. The minimum Gasteiger partial charge on any atom is -0.462 e. The molecule has 0 aromatic heterocycles. The van der Waals surface area contributed by atoms with E-state index in [1.165, 1.54) is 180 Å². The van der Waals surface area contributed by atoms with Crippen LogP contribution in [0.4, 0.5) is 0 Å². The number of hydrogen-bond donors (Lipinski definition) is 0. The zero-order valence-corrected chi connectivity index (χ0v) is 44.7. The van der Waals surface area contributed by atoms with Crippen LogP contribution in [0.1, 0.15) is 303 Å². The normalized spacial score (nSPS) is 12.3. The van der Waals surface area contributed by atoms with Gasteiger partial charge in [0, 0.05) is 19.3 Å². The van der Waals surface area contributed by atoms with Gasteiger partial charge in [-0.25, -0.2) is 0 Å². The van der Waals surface area contributed by atoms with E-state index in [4.69, 9.17) is 14.2 Å². The molecule has 0 aromatic rings. The van der Waals surface area contributed by atoms with Gasteiger partial charge in [-0.05, 0) is 57.8 Å². The summed E-state index contributed by atoms with van der Waals surface area (Å²) in [5, 5.41) is 0. The van der Waals surface area contributed by atoms with E-state index in [0.29, 0.717) is 19.3 Å². The van der Waals surface area contributed by atoms with Crippen molar-refractivity contribution in [3.05, 3.63) is 48.6 Å². The van der Waals surface area contributed by atoms with Crippen molar-refractivity contribution in [2.45, 2.75) is 309 Å². The van der Waals surface area contributed by atoms with Crippen LogP contribution in [0.15, 0.2) is 48.6 Å². The van der Waals surface area contributed by atoms with Crippen molar-refractivity contribution < 1.29 is 28.6 Å². The van der Waals surface area contributed by atoms with Crippen LogP contribution < -0.4 is 0 Å². The highest BCUT2D eigenvalue weighted by molar-refractivity contribution is 5.71. The van der Waals surface area contributed by atoms with E-state index in [0.717, 1.165) is 83.5 Å². The molecular weight excluding hydrogens is 829 g/mol. The first-order chi connectivity index (χ1) is 33.0.